The fourth-order valence-electron chi connectivity index (χ4n) is 3.50. The van der Waals surface area contributed by atoms with Gasteiger partial charge in [0.2, 0.25) is 0 Å². The summed E-state index contributed by atoms with van der Waals surface area (Å²) in [4.78, 5) is 36.5. The summed E-state index contributed by atoms with van der Waals surface area (Å²) >= 11 is 0. The van der Waals surface area contributed by atoms with Crippen LogP contribution in [0.25, 0.3) is 0 Å². The summed E-state index contributed by atoms with van der Waals surface area (Å²) in [5, 5.41) is 2.60. The third kappa shape index (κ3) is 5.31. The van der Waals surface area contributed by atoms with Crippen LogP contribution < -0.4 is 19.5 Å². The molecule has 0 atom stereocenters. The van der Waals surface area contributed by atoms with E-state index in [9.17, 15) is 22.8 Å². The van der Waals surface area contributed by atoms with Crippen molar-refractivity contribution in [2.45, 2.75) is 11.8 Å². The smallest absolute Gasteiger partial charge is 0.338 e. The summed E-state index contributed by atoms with van der Waals surface area (Å²) in [7, 11) is -2.65. The molecule has 2 N–H and O–H groups in total. The molecule has 1 heterocycles. The van der Waals surface area contributed by atoms with E-state index >= 15 is 0 Å². The molecular weight excluding hydrogens is 488 g/mol. The van der Waals surface area contributed by atoms with Crippen LogP contribution in [-0.4, -0.2) is 46.4 Å². The molecule has 1 amide bonds. The molecule has 0 saturated heterocycles. The maximum Gasteiger partial charge on any atom is 0.338 e. The lowest BCUT2D eigenvalue weighted by atomic mass is 10.1. The Labute approximate surface area is 207 Å². The summed E-state index contributed by atoms with van der Waals surface area (Å²) in [6.07, 6.45) is 0. The van der Waals surface area contributed by atoms with Crippen LogP contribution in [0.15, 0.2) is 65.6 Å². The number of para-hydroxylation sites is 2. The van der Waals surface area contributed by atoms with Gasteiger partial charge in [-0.05, 0) is 55.0 Å². The summed E-state index contributed by atoms with van der Waals surface area (Å²) in [6.45, 7) is 0.899. The highest BCUT2D eigenvalue weighted by Gasteiger charge is 2.22. The van der Waals surface area contributed by atoms with Gasteiger partial charge in [0.05, 0.1) is 28.9 Å². The van der Waals surface area contributed by atoms with E-state index in [1.807, 2.05) is 0 Å². The van der Waals surface area contributed by atoms with Crippen LogP contribution in [0, 0.1) is 6.92 Å². The Bertz CT molecular complexity index is 1470. The number of aryl methyl sites for hydroxylation is 1. The molecule has 0 fully saturated rings. The number of methoxy groups -OCH3 is 1. The molecule has 0 spiro atoms. The van der Waals surface area contributed by atoms with Crippen LogP contribution in [0.5, 0.6) is 11.5 Å². The SMILES string of the molecule is COc1ccccc1NS(=O)(=O)c1cc(C(=O)OCC(=O)c2ccc3c(c2)NC(=O)CO3)ccc1C. The highest BCUT2D eigenvalue weighted by Crippen LogP contribution is 2.29. The molecule has 1 aliphatic heterocycles. The first-order chi connectivity index (χ1) is 17.2. The van der Waals surface area contributed by atoms with Gasteiger partial charge in [-0.2, -0.15) is 0 Å². The Hall–Kier alpha value is -4.38. The fourth-order valence-corrected chi connectivity index (χ4v) is 4.84. The van der Waals surface area contributed by atoms with Crippen LogP contribution in [0.4, 0.5) is 11.4 Å². The van der Waals surface area contributed by atoms with E-state index in [2.05, 4.69) is 10.0 Å². The zero-order valence-corrected chi connectivity index (χ0v) is 20.2. The molecule has 0 unspecified atom stereocenters. The van der Waals surface area contributed by atoms with Crippen LogP contribution in [0.2, 0.25) is 0 Å². The number of hydrogen-bond donors (Lipinski definition) is 2. The van der Waals surface area contributed by atoms with Crippen molar-refractivity contribution in [1.82, 2.24) is 0 Å². The molecule has 1 aliphatic rings. The lowest BCUT2D eigenvalue weighted by molar-refractivity contribution is -0.118. The van der Waals surface area contributed by atoms with Gasteiger partial charge in [0, 0.05) is 5.56 Å². The number of Topliss-reactive ketones (excluding diaryl/α,β-unsaturated/α-hetero) is 1. The molecule has 10 nitrogen and oxygen atoms in total. The number of esters is 1. The Morgan fingerprint density at radius 1 is 1.06 bits per heavy atom. The number of rotatable bonds is 8. The van der Waals surface area contributed by atoms with Gasteiger partial charge in [-0.15, -0.1) is 0 Å². The van der Waals surface area contributed by atoms with Gasteiger partial charge in [0.1, 0.15) is 11.5 Å². The van der Waals surface area contributed by atoms with Gasteiger partial charge in [0.15, 0.2) is 19.0 Å². The second-order valence-corrected chi connectivity index (χ2v) is 9.48. The Morgan fingerprint density at radius 2 is 1.81 bits per heavy atom. The Morgan fingerprint density at radius 3 is 2.58 bits per heavy atom. The average Bonchev–Trinajstić information content (AvgIpc) is 2.86. The van der Waals surface area contributed by atoms with Gasteiger partial charge >= 0.3 is 5.97 Å². The minimum atomic E-state index is -4.07. The van der Waals surface area contributed by atoms with E-state index < -0.39 is 28.4 Å². The number of hydrogen-bond acceptors (Lipinski definition) is 8. The van der Waals surface area contributed by atoms with Crippen LogP contribution in [-0.2, 0) is 19.6 Å². The maximum absolute atomic E-state index is 13.0. The summed E-state index contributed by atoms with van der Waals surface area (Å²) in [6, 6.07) is 15.1. The zero-order chi connectivity index (χ0) is 25.9. The molecule has 0 bridgehead atoms. The Kier molecular flexibility index (Phi) is 6.93. The van der Waals surface area contributed by atoms with Crippen LogP contribution in [0.3, 0.4) is 0 Å². The van der Waals surface area contributed by atoms with Crippen LogP contribution in [0.1, 0.15) is 26.3 Å². The zero-order valence-electron chi connectivity index (χ0n) is 19.4. The third-order valence-electron chi connectivity index (χ3n) is 5.33. The normalized spacial score (nSPS) is 12.6. The summed E-state index contributed by atoms with van der Waals surface area (Å²) < 4.78 is 44.1. The highest BCUT2D eigenvalue weighted by molar-refractivity contribution is 7.92. The van der Waals surface area contributed by atoms with Gasteiger partial charge in [-0.1, -0.05) is 18.2 Å². The molecule has 3 aromatic rings. The third-order valence-corrected chi connectivity index (χ3v) is 6.84. The molecule has 0 saturated carbocycles. The van der Waals surface area contributed by atoms with Crippen molar-refractivity contribution < 1.29 is 37.0 Å². The van der Waals surface area contributed by atoms with Gasteiger partial charge in [-0.3, -0.25) is 14.3 Å². The first-order valence-corrected chi connectivity index (χ1v) is 12.2. The number of ether oxygens (including phenoxy) is 3. The molecule has 36 heavy (non-hydrogen) atoms. The number of fused-ring (bicyclic) bond motifs is 1. The second kappa shape index (κ2) is 10.1. The molecule has 11 heteroatoms. The molecular formula is C25H22N2O8S. The number of amides is 1. The lowest BCUT2D eigenvalue weighted by Gasteiger charge is -2.18. The van der Waals surface area contributed by atoms with Gasteiger partial charge in [-0.25, -0.2) is 13.2 Å². The van der Waals surface area contributed by atoms with Crippen molar-refractivity contribution in [2.75, 3.05) is 30.4 Å². The van der Waals surface area contributed by atoms with E-state index in [0.717, 1.165) is 0 Å². The van der Waals surface area contributed by atoms with E-state index in [0.29, 0.717) is 22.7 Å². The van der Waals surface area contributed by atoms with Crippen molar-refractivity contribution >= 4 is 39.1 Å². The number of carbonyl (C=O) groups excluding carboxylic acids is 3. The van der Waals surface area contributed by atoms with Crippen LogP contribution >= 0.6 is 0 Å². The van der Waals surface area contributed by atoms with Crippen molar-refractivity contribution in [1.29, 1.82) is 0 Å². The minimum absolute atomic E-state index is 0.0418. The van der Waals surface area contributed by atoms with E-state index in [-0.39, 0.29) is 34.2 Å². The van der Waals surface area contributed by atoms with Crippen molar-refractivity contribution in [3.8, 4) is 11.5 Å². The predicted octanol–water partition coefficient (Wildman–Crippen LogP) is 3.18. The lowest BCUT2D eigenvalue weighted by Crippen LogP contribution is -2.25. The largest absolute Gasteiger partial charge is 0.495 e. The van der Waals surface area contributed by atoms with E-state index in [1.165, 1.54) is 43.5 Å². The Balaban J connectivity index is 1.48. The maximum atomic E-state index is 13.0. The standard InChI is InChI=1S/C25H22N2O8S/c1-15-7-8-17(12-23(15)36(31,32)27-18-5-3-4-6-21(18)33-2)25(30)35-13-20(28)16-9-10-22-19(11-16)26-24(29)14-34-22/h3-12,27H,13-14H2,1-2H3,(H,26,29). The molecule has 0 aliphatic carbocycles. The van der Waals surface area contributed by atoms with Gasteiger partial charge < -0.3 is 19.5 Å². The van der Waals surface area contributed by atoms with Crippen molar-refractivity contribution in [2.24, 2.45) is 0 Å². The quantitative estimate of drug-likeness (QED) is 0.348. The average molecular weight is 511 g/mol. The summed E-state index contributed by atoms with van der Waals surface area (Å²) in [5.74, 6) is -0.960. The number of ketones is 1. The van der Waals surface area contributed by atoms with Crippen molar-refractivity contribution in [3.05, 3.63) is 77.4 Å². The molecule has 3 aromatic carbocycles. The van der Waals surface area contributed by atoms with Crippen molar-refractivity contribution in [3.63, 3.8) is 0 Å². The highest BCUT2D eigenvalue weighted by atomic mass is 32.2. The van der Waals surface area contributed by atoms with E-state index in [4.69, 9.17) is 14.2 Å². The monoisotopic (exact) mass is 510 g/mol. The molecule has 4 rings (SSSR count). The number of nitrogens with one attached hydrogen (secondary N) is 2. The number of anilines is 2. The summed E-state index contributed by atoms with van der Waals surface area (Å²) in [5.41, 5.74) is 1.16. The number of sulfonamides is 1. The number of benzene rings is 3. The fraction of sp³-hybridized carbons (Fsp3) is 0.160. The predicted molar refractivity (Wildman–Crippen MR) is 130 cm³/mol. The van der Waals surface area contributed by atoms with Gasteiger partial charge in [0.25, 0.3) is 15.9 Å². The molecule has 186 valence electrons. The van der Waals surface area contributed by atoms with E-state index in [1.54, 1.807) is 31.2 Å². The second-order valence-electron chi connectivity index (χ2n) is 7.83. The first-order valence-electron chi connectivity index (χ1n) is 10.7. The molecule has 0 radical (unpaired) electrons. The molecule has 0 aromatic heterocycles. The topological polar surface area (TPSA) is 137 Å². The minimum Gasteiger partial charge on any atom is -0.495 e. The first kappa shape index (κ1) is 24.7. The number of carbonyl (C=O) groups is 3.